The van der Waals surface area contributed by atoms with E-state index in [9.17, 15) is 8.78 Å². The topological polar surface area (TPSA) is 22.1 Å². The van der Waals surface area contributed by atoms with Crippen molar-refractivity contribution >= 4 is 38.5 Å². The van der Waals surface area contributed by atoms with Crippen molar-refractivity contribution in [1.82, 2.24) is 4.98 Å². The number of alkyl halides is 2. The second-order valence-corrected chi connectivity index (χ2v) is 4.06. The molecule has 0 aliphatic carbocycles. The average Bonchev–Trinajstić information content (AvgIpc) is 2.02. The van der Waals surface area contributed by atoms with Gasteiger partial charge in [0.05, 0.1) is 12.7 Å². The minimum atomic E-state index is -2.53. The molecule has 1 aromatic heterocycles. The maximum atomic E-state index is 12.4. The lowest BCUT2D eigenvalue weighted by atomic mass is 10.3. The molecule has 1 rings (SSSR count). The number of hydrogen-bond donors (Lipinski definition) is 0. The van der Waals surface area contributed by atoms with Gasteiger partial charge >= 0.3 is 0 Å². The first-order valence-corrected chi connectivity index (χ1v) is 5.11. The summed E-state index contributed by atoms with van der Waals surface area (Å²) in [7, 11) is 1.44. The first-order valence-electron chi connectivity index (χ1n) is 3.24. The standard InChI is InChI=1S/C7H5BrF2INO/c1-13-4-2-3(11)5(7(9)10)6(8)12-4/h2,7H,1H3. The van der Waals surface area contributed by atoms with Crippen molar-refractivity contribution in [1.29, 1.82) is 0 Å². The smallest absolute Gasteiger partial charge is 0.267 e. The Morgan fingerprint density at radius 1 is 1.62 bits per heavy atom. The number of hydrogen-bond acceptors (Lipinski definition) is 2. The Hall–Kier alpha value is 0.0200. The van der Waals surface area contributed by atoms with Crippen LogP contribution in [0.15, 0.2) is 10.7 Å². The van der Waals surface area contributed by atoms with E-state index in [0.717, 1.165) is 0 Å². The maximum absolute atomic E-state index is 12.4. The molecule has 1 heterocycles. The van der Waals surface area contributed by atoms with E-state index in [1.807, 2.05) is 22.6 Å². The van der Waals surface area contributed by atoms with Gasteiger partial charge < -0.3 is 4.74 Å². The predicted molar refractivity (Wildman–Crippen MR) is 56.2 cm³/mol. The van der Waals surface area contributed by atoms with Crippen molar-refractivity contribution in [2.75, 3.05) is 7.11 Å². The van der Waals surface area contributed by atoms with Crippen LogP contribution in [0.3, 0.4) is 0 Å². The fourth-order valence-corrected chi connectivity index (χ4v) is 2.46. The molecule has 13 heavy (non-hydrogen) atoms. The number of rotatable bonds is 2. The molecule has 0 radical (unpaired) electrons. The molecular weight excluding hydrogens is 359 g/mol. The molecule has 0 N–H and O–H groups in total. The molecule has 0 fully saturated rings. The highest BCUT2D eigenvalue weighted by Crippen LogP contribution is 2.32. The molecule has 0 saturated heterocycles. The molecule has 0 atom stereocenters. The minimum absolute atomic E-state index is 0.0959. The largest absolute Gasteiger partial charge is 0.481 e. The third-order valence-corrected chi connectivity index (χ3v) is 2.86. The highest BCUT2D eigenvalue weighted by molar-refractivity contribution is 14.1. The minimum Gasteiger partial charge on any atom is -0.481 e. The summed E-state index contributed by atoms with van der Waals surface area (Å²) < 4.78 is 30.2. The van der Waals surface area contributed by atoms with Crippen LogP contribution >= 0.6 is 38.5 Å². The van der Waals surface area contributed by atoms with Crippen LogP contribution in [0.2, 0.25) is 0 Å². The van der Waals surface area contributed by atoms with E-state index in [-0.39, 0.29) is 10.2 Å². The van der Waals surface area contributed by atoms with E-state index in [1.165, 1.54) is 13.2 Å². The van der Waals surface area contributed by atoms with E-state index >= 15 is 0 Å². The number of aromatic nitrogens is 1. The van der Waals surface area contributed by atoms with Crippen LogP contribution in [0.4, 0.5) is 8.78 Å². The summed E-state index contributed by atoms with van der Waals surface area (Å²) in [6, 6.07) is 1.47. The van der Waals surface area contributed by atoms with Crippen molar-refractivity contribution in [3.05, 3.63) is 19.8 Å². The first-order chi connectivity index (χ1) is 6.06. The lowest BCUT2D eigenvalue weighted by Gasteiger charge is -2.07. The van der Waals surface area contributed by atoms with E-state index in [0.29, 0.717) is 9.45 Å². The van der Waals surface area contributed by atoms with Crippen LogP contribution in [-0.4, -0.2) is 12.1 Å². The summed E-state index contributed by atoms with van der Waals surface area (Å²) in [5.41, 5.74) is -0.0959. The van der Waals surface area contributed by atoms with Crippen molar-refractivity contribution in [3.8, 4) is 5.88 Å². The Labute approximate surface area is 96.0 Å². The van der Waals surface area contributed by atoms with Gasteiger partial charge in [-0.15, -0.1) is 0 Å². The molecular formula is C7H5BrF2INO. The second-order valence-electron chi connectivity index (χ2n) is 2.15. The molecule has 0 saturated carbocycles. The van der Waals surface area contributed by atoms with Gasteiger partial charge in [0.25, 0.3) is 6.43 Å². The number of halogens is 4. The molecule has 0 amide bonds. The zero-order chi connectivity index (χ0) is 10.0. The monoisotopic (exact) mass is 363 g/mol. The highest BCUT2D eigenvalue weighted by Gasteiger charge is 2.17. The second kappa shape index (κ2) is 4.50. The van der Waals surface area contributed by atoms with Gasteiger partial charge in [-0.05, 0) is 38.5 Å². The van der Waals surface area contributed by atoms with Gasteiger partial charge in [-0.2, -0.15) is 0 Å². The van der Waals surface area contributed by atoms with Crippen LogP contribution in [0.1, 0.15) is 12.0 Å². The van der Waals surface area contributed by atoms with Crippen molar-refractivity contribution in [2.24, 2.45) is 0 Å². The Morgan fingerprint density at radius 2 is 2.23 bits per heavy atom. The van der Waals surface area contributed by atoms with Crippen LogP contribution in [-0.2, 0) is 0 Å². The molecule has 0 bridgehead atoms. The highest BCUT2D eigenvalue weighted by atomic mass is 127. The molecule has 72 valence electrons. The summed E-state index contributed by atoms with van der Waals surface area (Å²) >= 11 is 4.78. The number of ether oxygens (including phenoxy) is 1. The maximum Gasteiger partial charge on any atom is 0.267 e. The predicted octanol–water partition coefficient (Wildman–Crippen LogP) is 3.39. The van der Waals surface area contributed by atoms with E-state index in [1.54, 1.807) is 0 Å². The van der Waals surface area contributed by atoms with Crippen LogP contribution in [0.25, 0.3) is 0 Å². The van der Waals surface area contributed by atoms with Crippen molar-refractivity contribution in [3.63, 3.8) is 0 Å². The van der Waals surface area contributed by atoms with E-state index < -0.39 is 6.43 Å². The summed E-state index contributed by atoms with van der Waals surface area (Å²) in [4.78, 5) is 3.78. The quantitative estimate of drug-likeness (QED) is 0.593. The van der Waals surface area contributed by atoms with Gasteiger partial charge in [0.15, 0.2) is 0 Å². The zero-order valence-corrected chi connectivity index (χ0v) is 10.3. The third kappa shape index (κ3) is 2.49. The Balaban J connectivity index is 3.23. The van der Waals surface area contributed by atoms with Gasteiger partial charge in [-0.3, -0.25) is 0 Å². The lowest BCUT2D eigenvalue weighted by Crippen LogP contribution is -1.97. The van der Waals surface area contributed by atoms with Crippen molar-refractivity contribution in [2.45, 2.75) is 6.43 Å². The Bertz CT molecular complexity index is 298. The van der Waals surface area contributed by atoms with Crippen LogP contribution < -0.4 is 4.74 Å². The molecule has 6 heteroatoms. The van der Waals surface area contributed by atoms with Gasteiger partial charge in [0, 0.05) is 9.64 Å². The van der Waals surface area contributed by atoms with Gasteiger partial charge in [-0.1, -0.05) is 0 Å². The molecule has 0 aliphatic heterocycles. The van der Waals surface area contributed by atoms with Crippen molar-refractivity contribution < 1.29 is 13.5 Å². The first kappa shape index (κ1) is 11.1. The molecule has 0 unspecified atom stereocenters. The van der Waals surface area contributed by atoms with Crippen LogP contribution in [0, 0.1) is 3.57 Å². The fourth-order valence-electron chi connectivity index (χ4n) is 0.773. The zero-order valence-electron chi connectivity index (χ0n) is 6.52. The number of methoxy groups -OCH3 is 1. The molecule has 0 spiro atoms. The summed E-state index contributed by atoms with van der Waals surface area (Å²) in [5, 5.41) is 0. The molecule has 1 aromatic rings. The summed E-state index contributed by atoms with van der Waals surface area (Å²) in [5.74, 6) is 0.320. The average molecular weight is 364 g/mol. The van der Waals surface area contributed by atoms with Gasteiger partial charge in [0.2, 0.25) is 5.88 Å². The van der Waals surface area contributed by atoms with E-state index in [2.05, 4.69) is 20.9 Å². The molecule has 0 aliphatic rings. The van der Waals surface area contributed by atoms with E-state index in [4.69, 9.17) is 4.74 Å². The summed E-state index contributed by atoms with van der Waals surface area (Å²) in [6.07, 6.45) is -2.53. The molecule has 2 nitrogen and oxygen atoms in total. The summed E-state index contributed by atoms with van der Waals surface area (Å²) in [6.45, 7) is 0. The Morgan fingerprint density at radius 3 is 2.62 bits per heavy atom. The lowest BCUT2D eigenvalue weighted by molar-refractivity contribution is 0.149. The number of nitrogens with zero attached hydrogens (tertiary/aromatic N) is 1. The Kier molecular flexibility index (Phi) is 3.84. The van der Waals surface area contributed by atoms with Gasteiger partial charge in [-0.25, -0.2) is 13.8 Å². The normalized spacial score (nSPS) is 10.6. The molecule has 0 aromatic carbocycles. The number of pyridine rings is 1. The fraction of sp³-hybridized carbons (Fsp3) is 0.286. The van der Waals surface area contributed by atoms with Gasteiger partial charge in [0.1, 0.15) is 4.60 Å². The SMILES string of the molecule is COc1cc(I)c(C(F)F)c(Br)n1. The van der Waals surface area contributed by atoms with Crippen LogP contribution in [0.5, 0.6) is 5.88 Å². The third-order valence-electron chi connectivity index (χ3n) is 1.37.